The van der Waals surface area contributed by atoms with E-state index in [1.54, 1.807) is 0 Å². The second-order valence-electron chi connectivity index (χ2n) is 5.40. The molecule has 0 amide bonds. The maximum atomic E-state index is 9.21. The van der Waals surface area contributed by atoms with Crippen molar-refractivity contribution in [1.82, 2.24) is 0 Å². The van der Waals surface area contributed by atoms with Crippen LogP contribution in [0.1, 0.15) is 0 Å². The Morgan fingerprint density at radius 3 is 1.27 bits per heavy atom. The number of halogens is 3. The van der Waals surface area contributed by atoms with Gasteiger partial charge in [0.2, 0.25) is 0 Å². The molecule has 2 aliphatic heterocycles. The number of aliphatic hydroxyl groups excluding tert-OH is 9. The van der Waals surface area contributed by atoms with Gasteiger partial charge in [-0.3, -0.25) is 0 Å². The second-order valence-corrected chi connectivity index (χ2v) is 6.30. The van der Waals surface area contributed by atoms with Crippen molar-refractivity contribution >= 4 is 53.2 Å². The summed E-state index contributed by atoms with van der Waals surface area (Å²) < 4.78 is 9.51. The fourth-order valence-corrected chi connectivity index (χ4v) is 2.73. The first-order valence-electron chi connectivity index (χ1n) is 7.23. The molecular weight excluding hydrogens is 1560 g/mol. The monoisotopic (exact) mass is 1580 g/mol. The summed E-state index contributed by atoms with van der Waals surface area (Å²) in [6, 6.07) is 0. The van der Waals surface area contributed by atoms with Crippen LogP contribution in [-0.2, 0) is 9.47 Å². The van der Waals surface area contributed by atoms with Crippen LogP contribution >= 0.6 is 53.2 Å². The Balaban J connectivity index is -0.000000114. The molecule has 2 aliphatic rings. The molecule has 0 saturated carbocycles. The van der Waals surface area contributed by atoms with Gasteiger partial charge in [-0.25, -0.2) is 0 Å². The molecule has 2 heterocycles. The van der Waals surface area contributed by atoms with E-state index in [1.165, 1.54) is 0 Å². The summed E-state index contributed by atoms with van der Waals surface area (Å²) in [5.41, 5.74) is 0. The second kappa shape index (κ2) is 26.5. The number of ether oxygens (including phenoxy) is 2. The topological polar surface area (TPSA) is 201 Å². The molecule has 11 nitrogen and oxygen atoms in total. The largest absolute Gasteiger partial charge is 0.394 e. The van der Waals surface area contributed by atoms with Gasteiger partial charge in [-0.15, -0.1) is 0 Å². The summed E-state index contributed by atoms with van der Waals surface area (Å²) in [4.78, 5) is 0. The predicted octanol–water partition coefficient (Wildman–Crippen LogP) is -3.27. The third kappa shape index (κ3) is 15.8. The zero-order chi connectivity index (χ0) is 20.6. The van der Waals surface area contributed by atoms with Crippen molar-refractivity contribution in [2.45, 2.75) is 60.1 Å². The Morgan fingerprint density at radius 2 is 0.900 bits per heavy atom. The van der Waals surface area contributed by atoms with Crippen molar-refractivity contribution in [1.29, 1.82) is 0 Å². The first kappa shape index (κ1) is 47.1. The molecule has 10 atom stereocenters. The third-order valence-electron chi connectivity index (χ3n) is 3.70. The summed E-state index contributed by atoms with van der Waals surface area (Å²) in [7, 11) is 0. The van der Waals surface area contributed by atoms with E-state index in [0.717, 1.165) is 0 Å². The molecule has 30 heavy (non-hydrogen) atoms. The number of hydrogen-bond donors (Lipinski definition) is 9. The first-order valence-corrected chi connectivity index (χ1v) is 14.4. The van der Waals surface area contributed by atoms with Crippen molar-refractivity contribution in [2.24, 2.45) is 0 Å². The Bertz CT molecular complexity index is 359. The SMILES string of the molecule is II.OCC1OC(Br)C(O)C(O)C1O.OCC1OC(O)C(O)C(O)C1O.[Ac].[Ac].[Ac].[Ac]. The van der Waals surface area contributed by atoms with Crippen molar-refractivity contribution < 1.29 is 232 Å². The van der Waals surface area contributed by atoms with Gasteiger partial charge in [0.1, 0.15) is 53.8 Å². The molecule has 0 aromatic rings. The Morgan fingerprint density at radius 1 is 0.567 bits per heavy atom. The van der Waals surface area contributed by atoms with Crippen LogP contribution in [0.3, 0.4) is 0 Å². The van der Waals surface area contributed by atoms with Gasteiger partial charge < -0.3 is 55.4 Å². The Labute approximate surface area is 349 Å². The third-order valence-corrected chi connectivity index (χ3v) is 4.46. The predicted molar refractivity (Wildman–Crippen MR) is 107 cm³/mol. The van der Waals surface area contributed by atoms with Crippen LogP contribution < -0.4 is 0 Å². The van der Waals surface area contributed by atoms with E-state index in [-0.39, 0.29) is 176 Å². The van der Waals surface area contributed by atoms with E-state index in [2.05, 4.69) is 57.9 Å². The molecule has 2 saturated heterocycles. The molecule has 0 spiro atoms. The van der Waals surface area contributed by atoms with Crippen molar-refractivity contribution in [3.05, 3.63) is 0 Å². The molecule has 0 aromatic carbocycles. The Hall–Kier alpha value is 7.27. The summed E-state index contributed by atoms with van der Waals surface area (Å²) in [5, 5.41) is 80.2. The molecule has 0 aliphatic carbocycles. The van der Waals surface area contributed by atoms with Crippen LogP contribution in [0.5, 0.6) is 0 Å². The van der Waals surface area contributed by atoms with Crippen LogP contribution in [0.25, 0.3) is 0 Å². The average Bonchev–Trinajstić information content (AvgIpc) is 2.66. The van der Waals surface area contributed by atoms with E-state index in [0.29, 0.717) is 0 Å². The van der Waals surface area contributed by atoms with E-state index in [1.807, 2.05) is 0 Å². The van der Waals surface area contributed by atoms with Gasteiger partial charge in [-0.2, -0.15) is 0 Å². The molecule has 18 heteroatoms. The van der Waals surface area contributed by atoms with Crippen LogP contribution in [-0.4, -0.2) is 119 Å². The maximum Gasteiger partial charge on any atom is 0.184 e. The van der Waals surface area contributed by atoms with Gasteiger partial charge in [0, 0.05) is 213 Å². The smallest absolute Gasteiger partial charge is 0.184 e. The van der Waals surface area contributed by atoms with Crippen LogP contribution in [0, 0.1) is 176 Å². The minimum Gasteiger partial charge on any atom is -0.394 e. The number of rotatable bonds is 2. The minimum atomic E-state index is -1.57. The minimum absolute atomic E-state index is 0. The van der Waals surface area contributed by atoms with Gasteiger partial charge in [0.05, 0.1) is 13.2 Å². The number of hydrogen-bond acceptors (Lipinski definition) is 11. The summed E-state index contributed by atoms with van der Waals surface area (Å²) in [6.45, 7) is -0.922. The van der Waals surface area contributed by atoms with Gasteiger partial charge in [-0.05, 0) is 0 Å². The normalized spacial score (nSPS) is 39.6. The average molecular weight is 1590 g/mol. The van der Waals surface area contributed by atoms with Gasteiger partial charge in [0.15, 0.2) is 6.29 Å². The zero-order valence-corrected chi connectivity index (χ0v) is 40.4. The zero-order valence-electron chi connectivity index (χ0n) is 15.5. The molecule has 2 fully saturated rings. The molecule has 0 aromatic heterocycles. The summed E-state index contributed by atoms with van der Waals surface area (Å²) >= 11 is 7.19. The molecule has 10 unspecified atom stereocenters. The van der Waals surface area contributed by atoms with Gasteiger partial charge >= 0.3 is 0 Å². The Kier molecular flexibility index (Phi) is 41.6. The number of alkyl halides is 1. The van der Waals surface area contributed by atoms with Crippen LogP contribution in [0.2, 0.25) is 0 Å². The van der Waals surface area contributed by atoms with E-state index >= 15 is 0 Å². The fraction of sp³-hybridized carbons (Fsp3) is 1.00. The molecule has 0 bridgehead atoms. The maximum absolute atomic E-state index is 9.21. The molecule has 4 radical (unpaired) electrons. The standard InChI is InChI=1S/C6H11BrO5.C6H12O6.4Ac.I2/c7-6-5(11)4(10)3(9)2(1-8)12-6;7-1-2-3(8)4(9)5(10)6(11)12-2;;;;;1-2/h2-6,8-11H,1H2;2-11H,1H2;;;;;. The molecule has 170 valence electrons. The van der Waals surface area contributed by atoms with Crippen molar-refractivity contribution in [3.63, 3.8) is 0 Å². The van der Waals surface area contributed by atoms with Gasteiger partial charge in [-0.1, -0.05) is 15.9 Å². The fourth-order valence-electron chi connectivity index (χ4n) is 2.14. The van der Waals surface area contributed by atoms with Crippen molar-refractivity contribution in [3.8, 4) is 0 Å². The molecule has 2 rings (SSSR count). The summed E-state index contributed by atoms with van der Waals surface area (Å²) in [6.07, 6.45) is -11.6. The van der Waals surface area contributed by atoms with E-state index in [9.17, 15) is 10.2 Å². The van der Waals surface area contributed by atoms with E-state index in [4.69, 9.17) is 40.5 Å². The first-order chi connectivity index (χ1) is 12.1. The van der Waals surface area contributed by atoms with Gasteiger partial charge in [0.25, 0.3) is 0 Å². The van der Waals surface area contributed by atoms with E-state index < -0.39 is 73.3 Å². The quantitative estimate of drug-likeness (QED) is 0.0995. The molecule has 9 N–H and O–H groups in total. The van der Waals surface area contributed by atoms with Crippen LogP contribution in [0.4, 0.5) is 0 Å². The summed E-state index contributed by atoms with van der Waals surface area (Å²) in [5.74, 6) is 0. The van der Waals surface area contributed by atoms with Crippen LogP contribution in [0.15, 0.2) is 0 Å². The molecular formula is C12H23Ac4BrI2O11. The number of aliphatic hydroxyl groups is 9. The van der Waals surface area contributed by atoms with Crippen molar-refractivity contribution in [2.75, 3.05) is 13.2 Å².